The number of carbonyl (C=O) groups excluding carboxylic acids is 1. The number of benzene rings is 1. The Bertz CT molecular complexity index is 923. The molecule has 0 saturated carbocycles. The zero-order valence-electron chi connectivity index (χ0n) is 15.9. The van der Waals surface area contributed by atoms with Gasteiger partial charge >= 0.3 is 6.03 Å². The summed E-state index contributed by atoms with van der Waals surface area (Å²) in [5, 5.41) is 5.07. The molecule has 3 aromatic rings. The van der Waals surface area contributed by atoms with E-state index in [2.05, 4.69) is 46.9 Å². The molecule has 0 atom stereocenters. The molecule has 1 saturated heterocycles. The van der Waals surface area contributed by atoms with Gasteiger partial charge in [-0.1, -0.05) is 6.07 Å². The number of amides is 2. The molecule has 27 heavy (non-hydrogen) atoms. The molecule has 1 fully saturated rings. The van der Waals surface area contributed by atoms with Crippen molar-refractivity contribution >= 4 is 28.4 Å². The Morgan fingerprint density at radius 1 is 1.26 bits per heavy atom. The van der Waals surface area contributed by atoms with Gasteiger partial charge in [-0.25, -0.2) is 9.78 Å². The normalized spacial score (nSPS) is 15.4. The molecule has 3 heterocycles. The van der Waals surface area contributed by atoms with Gasteiger partial charge in [-0.05, 0) is 67.3 Å². The Morgan fingerprint density at radius 2 is 2.04 bits per heavy atom. The predicted octanol–water partition coefficient (Wildman–Crippen LogP) is 4.34. The van der Waals surface area contributed by atoms with Gasteiger partial charge in [0.1, 0.15) is 0 Å². The van der Waals surface area contributed by atoms with Gasteiger partial charge in [0, 0.05) is 24.5 Å². The monoisotopic (exact) mass is 382 g/mol. The molecular weight excluding hydrogens is 356 g/mol. The van der Waals surface area contributed by atoms with Gasteiger partial charge in [0.2, 0.25) is 0 Å². The highest BCUT2D eigenvalue weighted by Crippen LogP contribution is 2.23. The molecule has 0 bridgehead atoms. The van der Waals surface area contributed by atoms with E-state index in [1.165, 1.54) is 21.5 Å². The van der Waals surface area contributed by atoms with Gasteiger partial charge in [0.05, 0.1) is 23.9 Å². The van der Waals surface area contributed by atoms with Crippen LogP contribution in [0.5, 0.6) is 0 Å². The van der Waals surface area contributed by atoms with Crippen molar-refractivity contribution in [3.63, 3.8) is 0 Å². The van der Waals surface area contributed by atoms with E-state index in [4.69, 9.17) is 0 Å². The van der Waals surface area contributed by atoms with Crippen molar-refractivity contribution in [2.75, 3.05) is 13.1 Å². The lowest BCUT2D eigenvalue weighted by atomic mass is 9.97. The van der Waals surface area contributed by atoms with Gasteiger partial charge in [0.25, 0.3) is 0 Å². The van der Waals surface area contributed by atoms with Crippen LogP contribution in [0.4, 0.5) is 4.79 Å². The largest absolute Gasteiger partial charge is 0.333 e. The van der Waals surface area contributed by atoms with Gasteiger partial charge in [-0.3, -0.25) is 0 Å². The van der Waals surface area contributed by atoms with E-state index in [0.29, 0.717) is 12.5 Å². The standard InChI is InChI=1S/C21H26N4OS/c1-15-10-19-20(11-16(15)2)25(14-23-19)13-17-5-7-24(8-6-17)21(26)22-12-18-4-3-9-27-18/h3-4,9-11,14,17H,5-8,12-13H2,1-2H3,(H,22,26). The Kier molecular flexibility index (Phi) is 5.16. The molecule has 0 aliphatic carbocycles. The fourth-order valence-corrected chi connectivity index (χ4v) is 4.39. The van der Waals surface area contributed by atoms with E-state index >= 15 is 0 Å². The van der Waals surface area contributed by atoms with Crippen LogP contribution >= 0.6 is 11.3 Å². The van der Waals surface area contributed by atoms with E-state index in [0.717, 1.165) is 38.0 Å². The summed E-state index contributed by atoms with van der Waals surface area (Å²) in [6, 6.07) is 8.53. The average molecular weight is 383 g/mol. The summed E-state index contributed by atoms with van der Waals surface area (Å²) < 4.78 is 2.28. The molecular formula is C21H26N4OS. The minimum Gasteiger partial charge on any atom is -0.333 e. The molecule has 4 rings (SSSR count). The van der Waals surface area contributed by atoms with Crippen molar-refractivity contribution in [3.05, 3.63) is 52.0 Å². The molecule has 1 aliphatic heterocycles. The van der Waals surface area contributed by atoms with Gasteiger partial charge in [0.15, 0.2) is 0 Å². The summed E-state index contributed by atoms with van der Waals surface area (Å²) in [7, 11) is 0. The number of urea groups is 1. The Morgan fingerprint density at radius 3 is 2.78 bits per heavy atom. The first kappa shape index (κ1) is 18.0. The number of carbonyl (C=O) groups is 1. The summed E-state index contributed by atoms with van der Waals surface area (Å²) in [5.74, 6) is 0.588. The van der Waals surface area contributed by atoms with Crippen molar-refractivity contribution in [3.8, 4) is 0 Å². The maximum atomic E-state index is 12.4. The minimum absolute atomic E-state index is 0.0565. The summed E-state index contributed by atoms with van der Waals surface area (Å²) in [5.41, 5.74) is 4.88. The van der Waals surface area contributed by atoms with Crippen LogP contribution < -0.4 is 5.32 Å². The van der Waals surface area contributed by atoms with Crippen molar-refractivity contribution < 1.29 is 4.79 Å². The third kappa shape index (κ3) is 4.00. The molecule has 1 N–H and O–H groups in total. The third-order valence-corrected chi connectivity index (χ3v) is 6.46. The number of thiophene rings is 1. The molecule has 2 aromatic heterocycles. The van der Waals surface area contributed by atoms with Crippen LogP contribution in [0, 0.1) is 19.8 Å². The lowest BCUT2D eigenvalue weighted by molar-refractivity contribution is 0.165. The van der Waals surface area contributed by atoms with Crippen LogP contribution in [0.25, 0.3) is 11.0 Å². The Balaban J connectivity index is 1.32. The number of nitrogens with zero attached hydrogens (tertiary/aromatic N) is 3. The highest BCUT2D eigenvalue weighted by Gasteiger charge is 2.23. The van der Waals surface area contributed by atoms with Crippen LogP contribution in [0.15, 0.2) is 36.0 Å². The van der Waals surface area contributed by atoms with Crippen LogP contribution in [0.1, 0.15) is 28.8 Å². The second kappa shape index (κ2) is 7.72. The smallest absolute Gasteiger partial charge is 0.317 e. The number of imidazole rings is 1. The second-order valence-corrected chi connectivity index (χ2v) is 8.52. The number of likely N-dealkylation sites (tertiary alicyclic amines) is 1. The van der Waals surface area contributed by atoms with Crippen LogP contribution in [-0.2, 0) is 13.1 Å². The van der Waals surface area contributed by atoms with E-state index in [9.17, 15) is 4.79 Å². The average Bonchev–Trinajstić information content (AvgIpc) is 3.32. The maximum absolute atomic E-state index is 12.4. The SMILES string of the molecule is Cc1cc2ncn(CC3CCN(C(=O)NCc4cccs4)CC3)c2cc1C. The van der Waals surface area contributed by atoms with E-state index in [-0.39, 0.29) is 6.03 Å². The number of aryl methyl sites for hydroxylation is 2. The number of aromatic nitrogens is 2. The van der Waals surface area contributed by atoms with Crippen molar-refractivity contribution in [2.45, 2.75) is 39.8 Å². The zero-order valence-corrected chi connectivity index (χ0v) is 16.8. The maximum Gasteiger partial charge on any atom is 0.317 e. The number of hydrogen-bond donors (Lipinski definition) is 1. The fraction of sp³-hybridized carbons (Fsp3) is 0.429. The number of fused-ring (bicyclic) bond motifs is 1. The second-order valence-electron chi connectivity index (χ2n) is 7.49. The molecule has 5 nitrogen and oxygen atoms in total. The van der Waals surface area contributed by atoms with E-state index in [1.54, 1.807) is 11.3 Å². The van der Waals surface area contributed by atoms with Gasteiger partial charge in [-0.15, -0.1) is 11.3 Å². The van der Waals surface area contributed by atoms with Crippen molar-refractivity contribution in [2.24, 2.45) is 5.92 Å². The molecule has 1 aliphatic rings. The predicted molar refractivity (Wildman–Crippen MR) is 110 cm³/mol. The minimum atomic E-state index is 0.0565. The highest BCUT2D eigenvalue weighted by molar-refractivity contribution is 7.09. The molecule has 0 radical (unpaired) electrons. The van der Waals surface area contributed by atoms with Crippen LogP contribution in [-0.4, -0.2) is 33.6 Å². The number of nitrogens with one attached hydrogen (secondary N) is 1. The lowest BCUT2D eigenvalue weighted by Crippen LogP contribution is -2.44. The van der Waals surface area contributed by atoms with Gasteiger partial charge < -0.3 is 14.8 Å². The molecule has 6 heteroatoms. The molecule has 2 amide bonds. The summed E-state index contributed by atoms with van der Waals surface area (Å²) in [6.07, 6.45) is 4.04. The van der Waals surface area contributed by atoms with Crippen LogP contribution in [0.3, 0.4) is 0 Å². The van der Waals surface area contributed by atoms with Crippen molar-refractivity contribution in [1.82, 2.24) is 19.8 Å². The van der Waals surface area contributed by atoms with Crippen LogP contribution in [0.2, 0.25) is 0 Å². The Labute approximate surface area is 164 Å². The number of hydrogen-bond acceptors (Lipinski definition) is 3. The Hall–Kier alpha value is -2.34. The molecule has 1 aromatic carbocycles. The first-order valence-corrected chi connectivity index (χ1v) is 10.5. The third-order valence-electron chi connectivity index (χ3n) is 5.59. The van der Waals surface area contributed by atoms with Gasteiger partial charge in [-0.2, -0.15) is 0 Å². The summed E-state index contributed by atoms with van der Waals surface area (Å²) >= 11 is 1.67. The quantitative estimate of drug-likeness (QED) is 0.730. The first-order chi connectivity index (χ1) is 13.1. The highest BCUT2D eigenvalue weighted by atomic mass is 32.1. The lowest BCUT2D eigenvalue weighted by Gasteiger charge is -2.32. The number of rotatable bonds is 4. The summed E-state index contributed by atoms with van der Waals surface area (Å²) in [4.78, 5) is 20.1. The fourth-order valence-electron chi connectivity index (χ4n) is 3.74. The number of piperidine rings is 1. The first-order valence-electron chi connectivity index (χ1n) is 9.57. The summed E-state index contributed by atoms with van der Waals surface area (Å²) in [6.45, 7) is 7.53. The van der Waals surface area contributed by atoms with E-state index < -0.39 is 0 Å². The molecule has 0 spiro atoms. The topological polar surface area (TPSA) is 50.2 Å². The molecule has 0 unspecified atom stereocenters. The molecule has 142 valence electrons. The van der Waals surface area contributed by atoms with E-state index in [1.807, 2.05) is 22.7 Å². The van der Waals surface area contributed by atoms with Crippen molar-refractivity contribution in [1.29, 1.82) is 0 Å². The zero-order chi connectivity index (χ0) is 18.8.